The van der Waals surface area contributed by atoms with Crippen LogP contribution in [-0.4, -0.2) is 20.0 Å². The number of rotatable bonds is 2. The van der Waals surface area contributed by atoms with Crippen LogP contribution in [0.25, 0.3) is 11.4 Å². The van der Waals surface area contributed by atoms with Crippen LogP contribution in [0, 0.1) is 0 Å². The summed E-state index contributed by atoms with van der Waals surface area (Å²) in [7, 11) is 0. The highest BCUT2D eigenvalue weighted by molar-refractivity contribution is 5.52. The van der Waals surface area contributed by atoms with Crippen LogP contribution in [0.5, 0.6) is 0 Å². The van der Waals surface area contributed by atoms with E-state index < -0.39 is 0 Å². The number of nitrogens with zero attached hydrogens (tertiary/aromatic N) is 3. The second-order valence-corrected chi connectivity index (χ2v) is 2.50. The standard InChI is InChI=1S/C8H10N4/c1-2-12-8(4-6-10-12)7-3-5-9-11-7/h3-6H,2H2,1H3,(H,9,11). The fourth-order valence-electron chi connectivity index (χ4n) is 1.21. The molecule has 0 amide bonds. The summed E-state index contributed by atoms with van der Waals surface area (Å²) in [5.41, 5.74) is 2.09. The molecule has 2 aromatic rings. The number of hydrogen-bond acceptors (Lipinski definition) is 2. The maximum absolute atomic E-state index is 4.16. The number of hydrogen-bond donors (Lipinski definition) is 1. The lowest BCUT2D eigenvalue weighted by Gasteiger charge is -2.00. The summed E-state index contributed by atoms with van der Waals surface area (Å²) in [6, 6.07) is 3.90. The molecule has 0 fully saturated rings. The SMILES string of the molecule is CCn1nccc1-c1ccn[nH]1. The molecular formula is C8H10N4. The van der Waals surface area contributed by atoms with Crippen molar-refractivity contribution in [2.24, 2.45) is 0 Å². The average molecular weight is 162 g/mol. The molecule has 0 aliphatic rings. The Morgan fingerprint density at radius 1 is 1.42 bits per heavy atom. The van der Waals surface area contributed by atoms with Crippen LogP contribution in [0.4, 0.5) is 0 Å². The van der Waals surface area contributed by atoms with Crippen molar-refractivity contribution in [1.82, 2.24) is 20.0 Å². The van der Waals surface area contributed by atoms with Gasteiger partial charge in [-0.3, -0.25) is 9.78 Å². The van der Waals surface area contributed by atoms with E-state index in [1.54, 1.807) is 12.4 Å². The van der Waals surface area contributed by atoms with Crippen molar-refractivity contribution in [2.75, 3.05) is 0 Å². The van der Waals surface area contributed by atoms with E-state index >= 15 is 0 Å². The van der Waals surface area contributed by atoms with Gasteiger partial charge in [-0.2, -0.15) is 10.2 Å². The van der Waals surface area contributed by atoms with Gasteiger partial charge in [0.25, 0.3) is 0 Å². The summed E-state index contributed by atoms with van der Waals surface area (Å²) in [5.74, 6) is 0. The molecule has 4 heteroatoms. The number of H-pyrrole nitrogens is 1. The Balaban J connectivity index is 2.46. The Morgan fingerprint density at radius 2 is 2.33 bits per heavy atom. The van der Waals surface area contributed by atoms with Crippen LogP contribution >= 0.6 is 0 Å². The first kappa shape index (κ1) is 7.09. The monoisotopic (exact) mass is 162 g/mol. The predicted octanol–water partition coefficient (Wildman–Crippen LogP) is 1.29. The summed E-state index contributed by atoms with van der Waals surface area (Å²) in [4.78, 5) is 0. The van der Waals surface area contributed by atoms with Crippen LogP contribution in [0.2, 0.25) is 0 Å². The van der Waals surface area contributed by atoms with Gasteiger partial charge in [0, 0.05) is 18.9 Å². The molecule has 1 N–H and O–H groups in total. The van der Waals surface area contributed by atoms with Crippen LogP contribution in [0.1, 0.15) is 6.92 Å². The fourth-order valence-corrected chi connectivity index (χ4v) is 1.21. The van der Waals surface area contributed by atoms with Gasteiger partial charge in [-0.15, -0.1) is 0 Å². The molecule has 4 nitrogen and oxygen atoms in total. The molecule has 2 rings (SSSR count). The van der Waals surface area contributed by atoms with Gasteiger partial charge >= 0.3 is 0 Å². The van der Waals surface area contributed by atoms with Crippen molar-refractivity contribution in [3.8, 4) is 11.4 Å². The number of aromatic amines is 1. The molecule has 2 heterocycles. The predicted molar refractivity (Wildman–Crippen MR) is 45.5 cm³/mol. The zero-order valence-electron chi connectivity index (χ0n) is 6.86. The van der Waals surface area contributed by atoms with Crippen molar-refractivity contribution in [2.45, 2.75) is 13.5 Å². The van der Waals surface area contributed by atoms with E-state index in [1.165, 1.54) is 0 Å². The molecule has 0 radical (unpaired) electrons. The Kier molecular flexibility index (Phi) is 1.66. The Bertz CT molecular complexity index is 347. The quantitative estimate of drug-likeness (QED) is 0.723. The molecule has 0 aliphatic carbocycles. The van der Waals surface area contributed by atoms with Crippen molar-refractivity contribution in [3.63, 3.8) is 0 Å². The summed E-state index contributed by atoms with van der Waals surface area (Å²) in [6.07, 6.45) is 3.53. The third-order valence-electron chi connectivity index (χ3n) is 1.79. The minimum atomic E-state index is 0.876. The first-order valence-electron chi connectivity index (χ1n) is 3.93. The van der Waals surface area contributed by atoms with E-state index in [1.807, 2.05) is 16.8 Å². The molecule has 0 atom stereocenters. The zero-order chi connectivity index (χ0) is 8.39. The molecule has 0 spiro atoms. The maximum Gasteiger partial charge on any atom is 0.0860 e. The zero-order valence-corrected chi connectivity index (χ0v) is 6.86. The molecule has 0 bridgehead atoms. The topological polar surface area (TPSA) is 46.5 Å². The largest absolute Gasteiger partial charge is 0.276 e. The third kappa shape index (κ3) is 1.01. The third-order valence-corrected chi connectivity index (χ3v) is 1.79. The summed E-state index contributed by atoms with van der Waals surface area (Å²) < 4.78 is 1.92. The second kappa shape index (κ2) is 2.81. The molecule has 0 aliphatic heterocycles. The molecular weight excluding hydrogens is 152 g/mol. The molecule has 12 heavy (non-hydrogen) atoms. The van der Waals surface area contributed by atoms with Crippen molar-refractivity contribution < 1.29 is 0 Å². The van der Waals surface area contributed by atoms with E-state index in [4.69, 9.17) is 0 Å². The highest BCUT2D eigenvalue weighted by atomic mass is 15.3. The Morgan fingerprint density at radius 3 is 3.00 bits per heavy atom. The van der Waals surface area contributed by atoms with Crippen molar-refractivity contribution in [1.29, 1.82) is 0 Å². The summed E-state index contributed by atoms with van der Waals surface area (Å²) in [5, 5.41) is 11.0. The smallest absolute Gasteiger partial charge is 0.0860 e. The van der Waals surface area contributed by atoms with Gasteiger partial charge in [0.2, 0.25) is 0 Å². The molecule has 62 valence electrons. The molecule has 0 unspecified atom stereocenters. The van der Waals surface area contributed by atoms with Gasteiger partial charge in [0.15, 0.2) is 0 Å². The van der Waals surface area contributed by atoms with Gasteiger partial charge in [-0.25, -0.2) is 0 Å². The first-order valence-corrected chi connectivity index (χ1v) is 3.93. The number of nitrogens with one attached hydrogen (secondary N) is 1. The lowest BCUT2D eigenvalue weighted by atomic mass is 10.3. The first-order chi connectivity index (χ1) is 5.92. The molecule has 2 aromatic heterocycles. The van der Waals surface area contributed by atoms with Crippen LogP contribution in [-0.2, 0) is 6.54 Å². The maximum atomic E-state index is 4.16. The van der Waals surface area contributed by atoms with Crippen molar-refractivity contribution >= 4 is 0 Å². The lowest BCUT2D eigenvalue weighted by Crippen LogP contribution is -1.98. The lowest BCUT2D eigenvalue weighted by molar-refractivity contribution is 0.665. The van der Waals surface area contributed by atoms with Gasteiger partial charge in [0.05, 0.1) is 11.4 Å². The highest BCUT2D eigenvalue weighted by Gasteiger charge is 2.03. The molecule has 0 saturated carbocycles. The van der Waals surface area contributed by atoms with Crippen LogP contribution in [0.3, 0.4) is 0 Å². The van der Waals surface area contributed by atoms with E-state index in [0.29, 0.717) is 0 Å². The molecule has 0 saturated heterocycles. The minimum absolute atomic E-state index is 0.876. The van der Waals surface area contributed by atoms with E-state index in [-0.39, 0.29) is 0 Å². The second-order valence-electron chi connectivity index (χ2n) is 2.50. The average Bonchev–Trinajstić information content (AvgIpc) is 2.74. The van der Waals surface area contributed by atoms with Gasteiger partial charge in [-0.05, 0) is 19.1 Å². The van der Waals surface area contributed by atoms with Gasteiger partial charge in [-0.1, -0.05) is 0 Å². The fraction of sp³-hybridized carbons (Fsp3) is 0.250. The number of aryl methyl sites for hydroxylation is 1. The van der Waals surface area contributed by atoms with Gasteiger partial charge < -0.3 is 0 Å². The minimum Gasteiger partial charge on any atom is -0.276 e. The Hall–Kier alpha value is -1.58. The normalized spacial score (nSPS) is 10.4. The van der Waals surface area contributed by atoms with Crippen LogP contribution < -0.4 is 0 Å². The summed E-state index contributed by atoms with van der Waals surface area (Å²) in [6.45, 7) is 2.94. The Labute approximate surface area is 70.2 Å². The van der Waals surface area contributed by atoms with Gasteiger partial charge in [0.1, 0.15) is 0 Å². The molecule has 0 aromatic carbocycles. The van der Waals surface area contributed by atoms with Crippen LogP contribution in [0.15, 0.2) is 24.5 Å². The highest BCUT2D eigenvalue weighted by Crippen LogP contribution is 2.14. The van der Waals surface area contributed by atoms with E-state index in [9.17, 15) is 0 Å². The van der Waals surface area contributed by atoms with E-state index in [0.717, 1.165) is 17.9 Å². The number of aromatic nitrogens is 4. The van der Waals surface area contributed by atoms with E-state index in [2.05, 4.69) is 22.2 Å². The summed E-state index contributed by atoms with van der Waals surface area (Å²) >= 11 is 0. The van der Waals surface area contributed by atoms with Crippen molar-refractivity contribution in [3.05, 3.63) is 24.5 Å².